The number of carbonyl (C=O) groups is 1. The van der Waals surface area contributed by atoms with Crippen molar-refractivity contribution in [3.8, 4) is 0 Å². The van der Waals surface area contributed by atoms with Gasteiger partial charge >= 0.3 is 18.0 Å². The highest BCUT2D eigenvalue weighted by molar-refractivity contribution is 5.84. The first-order chi connectivity index (χ1) is 9.16. The molecule has 0 aliphatic rings. The fraction of sp³-hybridized carbons (Fsp3) is 0.182. The molecule has 0 spiro atoms. The number of aromatic nitrogens is 2. The predicted molar refractivity (Wildman–Crippen MR) is 61.9 cm³/mol. The van der Waals surface area contributed by atoms with Crippen LogP contribution in [-0.2, 0) is 13.2 Å². The summed E-state index contributed by atoms with van der Waals surface area (Å²) in [7, 11) is 1.09. The van der Waals surface area contributed by atoms with Crippen LogP contribution in [0.4, 0.5) is 18.0 Å². The second-order valence-corrected chi connectivity index (χ2v) is 3.96. The van der Waals surface area contributed by atoms with E-state index in [1.807, 2.05) is 0 Å². The number of aryl methyl sites for hydroxylation is 1. The third-order valence-corrected chi connectivity index (χ3v) is 2.80. The average molecular weight is 288 g/mol. The lowest BCUT2D eigenvalue weighted by molar-refractivity contribution is -0.136. The normalized spacial score (nSPS) is 11.8. The van der Waals surface area contributed by atoms with Crippen molar-refractivity contribution in [2.75, 3.05) is 0 Å². The summed E-state index contributed by atoms with van der Waals surface area (Å²) in [4.78, 5) is 34.4. The molecule has 0 aliphatic carbocycles. The Morgan fingerprint density at radius 1 is 1.25 bits per heavy atom. The topological polar surface area (TPSA) is 81.3 Å². The molecule has 106 valence electrons. The number of hydrogen-bond donors (Lipinski definition) is 1. The van der Waals surface area contributed by atoms with Crippen LogP contribution in [0.15, 0.2) is 27.8 Å². The minimum Gasteiger partial charge on any atom is -0.464 e. The highest BCUT2D eigenvalue weighted by Gasteiger charge is 2.34. The van der Waals surface area contributed by atoms with E-state index in [1.165, 1.54) is 0 Å². The van der Waals surface area contributed by atoms with Gasteiger partial charge in [0.25, 0.3) is 5.56 Å². The van der Waals surface area contributed by atoms with Crippen molar-refractivity contribution >= 4 is 17.0 Å². The lowest BCUT2D eigenvalue weighted by Crippen LogP contribution is -2.43. The zero-order valence-corrected chi connectivity index (χ0v) is 9.93. The zero-order valence-electron chi connectivity index (χ0n) is 9.93. The van der Waals surface area contributed by atoms with E-state index in [-0.39, 0.29) is 10.1 Å². The van der Waals surface area contributed by atoms with E-state index in [9.17, 15) is 27.6 Å². The smallest absolute Gasteiger partial charge is 0.422 e. The van der Waals surface area contributed by atoms with E-state index in [1.54, 1.807) is 0 Å². The molecular weight excluding hydrogens is 281 g/mol. The van der Waals surface area contributed by atoms with Crippen LogP contribution >= 0.6 is 0 Å². The van der Waals surface area contributed by atoms with Crippen molar-refractivity contribution in [2.24, 2.45) is 7.05 Å². The molecule has 1 heterocycles. The summed E-state index contributed by atoms with van der Waals surface area (Å²) in [6.07, 6.45) is -6.78. The number of rotatable bonds is 0. The molecule has 0 atom stereocenters. The van der Waals surface area contributed by atoms with Gasteiger partial charge in [-0.2, -0.15) is 17.7 Å². The van der Waals surface area contributed by atoms with E-state index >= 15 is 0 Å². The molecular formula is C11H7F3N2O4. The maximum absolute atomic E-state index is 12.9. The molecule has 0 amide bonds. The summed E-state index contributed by atoms with van der Waals surface area (Å²) in [6.45, 7) is 0. The van der Waals surface area contributed by atoms with Gasteiger partial charge in [-0.15, -0.1) is 0 Å². The molecule has 0 fully saturated rings. The molecule has 1 aromatic heterocycles. The molecule has 1 aromatic carbocycles. The van der Waals surface area contributed by atoms with Crippen LogP contribution in [0.1, 0.15) is 5.56 Å². The SMILES string of the molecule is Cn1c(=O)n(C(=O)O)c(=O)c2c(C(F)(F)F)cccc21. The maximum atomic E-state index is 12.9. The van der Waals surface area contributed by atoms with Crippen molar-refractivity contribution in [2.45, 2.75) is 6.18 Å². The molecule has 1 N–H and O–H groups in total. The van der Waals surface area contributed by atoms with E-state index in [0.717, 1.165) is 19.2 Å². The molecule has 0 radical (unpaired) electrons. The summed E-state index contributed by atoms with van der Waals surface area (Å²) < 4.78 is 39.1. The van der Waals surface area contributed by atoms with Crippen molar-refractivity contribution in [3.63, 3.8) is 0 Å². The van der Waals surface area contributed by atoms with E-state index < -0.39 is 34.5 Å². The predicted octanol–water partition coefficient (Wildman–Crippen LogP) is 1.25. The summed E-state index contributed by atoms with van der Waals surface area (Å²) in [5.74, 6) is 0. The van der Waals surface area contributed by atoms with Gasteiger partial charge in [-0.05, 0) is 12.1 Å². The molecule has 0 bridgehead atoms. The standard InChI is InChI=1S/C11H7F3N2O4/c1-15-6-4-2-3-5(11(12,13)14)7(6)8(17)16(9(15)18)10(19)20/h2-4H,1H3,(H,19,20). The first-order valence-corrected chi connectivity index (χ1v) is 5.21. The summed E-state index contributed by atoms with van der Waals surface area (Å²) in [5, 5.41) is 7.94. The fourth-order valence-corrected chi connectivity index (χ4v) is 1.90. The van der Waals surface area contributed by atoms with Crippen LogP contribution < -0.4 is 11.2 Å². The Balaban J connectivity index is 3.16. The number of benzene rings is 1. The highest BCUT2D eigenvalue weighted by Crippen LogP contribution is 2.32. The molecule has 2 rings (SSSR count). The lowest BCUT2D eigenvalue weighted by atomic mass is 10.1. The number of carboxylic acid groups (broad SMARTS) is 1. The van der Waals surface area contributed by atoms with Gasteiger partial charge in [0, 0.05) is 7.05 Å². The molecule has 2 aromatic rings. The molecule has 20 heavy (non-hydrogen) atoms. The Kier molecular flexibility index (Phi) is 2.92. The largest absolute Gasteiger partial charge is 0.464 e. The lowest BCUT2D eigenvalue weighted by Gasteiger charge is -2.12. The molecule has 9 heteroatoms. The van der Waals surface area contributed by atoms with Gasteiger partial charge in [0.05, 0.1) is 16.5 Å². The second kappa shape index (κ2) is 4.22. The van der Waals surface area contributed by atoms with Crippen LogP contribution in [0.2, 0.25) is 0 Å². The van der Waals surface area contributed by atoms with Gasteiger partial charge < -0.3 is 5.11 Å². The van der Waals surface area contributed by atoms with Gasteiger partial charge in [0.15, 0.2) is 0 Å². The average Bonchev–Trinajstić information content (AvgIpc) is 2.34. The number of alkyl halides is 3. The van der Waals surface area contributed by atoms with Crippen molar-refractivity contribution < 1.29 is 23.1 Å². The third kappa shape index (κ3) is 1.87. The summed E-state index contributed by atoms with van der Waals surface area (Å²) in [5.41, 5.74) is -4.31. The summed E-state index contributed by atoms with van der Waals surface area (Å²) in [6, 6.07) is 2.83. The third-order valence-electron chi connectivity index (χ3n) is 2.80. The molecule has 0 aliphatic heterocycles. The zero-order chi connectivity index (χ0) is 15.2. The monoisotopic (exact) mass is 288 g/mol. The Bertz CT molecular complexity index is 832. The minimum atomic E-state index is -4.84. The first-order valence-electron chi connectivity index (χ1n) is 5.21. The van der Waals surface area contributed by atoms with Gasteiger partial charge in [0.2, 0.25) is 0 Å². The second-order valence-electron chi connectivity index (χ2n) is 3.96. The van der Waals surface area contributed by atoms with Crippen LogP contribution in [0.25, 0.3) is 10.9 Å². The quantitative estimate of drug-likeness (QED) is 0.791. The molecule has 0 saturated heterocycles. The number of nitrogens with zero attached hydrogens (tertiary/aromatic N) is 2. The molecule has 6 nitrogen and oxygen atoms in total. The van der Waals surface area contributed by atoms with Gasteiger partial charge in [-0.25, -0.2) is 9.59 Å². The molecule has 0 unspecified atom stereocenters. The van der Waals surface area contributed by atoms with E-state index in [2.05, 4.69) is 0 Å². The Hall–Kier alpha value is -2.58. The van der Waals surface area contributed by atoms with Crippen LogP contribution in [-0.4, -0.2) is 20.3 Å². The van der Waals surface area contributed by atoms with Gasteiger partial charge in [-0.3, -0.25) is 9.36 Å². The summed E-state index contributed by atoms with van der Waals surface area (Å²) >= 11 is 0. The van der Waals surface area contributed by atoms with Gasteiger partial charge in [-0.1, -0.05) is 6.07 Å². The minimum absolute atomic E-state index is 0.252. The Morgan fingerprint density at radius 2 is 1.85 bits per heavy atom. The van der Waals surface area contributed by atoms with Crippen molar-refractivity contribution in [3.05, 3.63) is 44.6 Å². The van der Waals surface area contributed by atoms with Crippen molar-refractivity contribution in [1.29, 1.82) is 0 Å². The fourth-order valence-electron chi connectivity index (χ4n) is 1.90. The maximum Gasteiger partial charge on any atom is 0.422 e. The number of hydrogen-bond acceptors (Lipinski definition) is 3. The van der Waals surface area contributed by atoms with E-state index in [4.69, 9.17) is 5.11 Å². The Labute approximate surface area is 108 Å². The van der Waals surface area contributed by atoms with E-state index in [0.29, 0.717) is 10.6 Å². The van der Waals surface area contributed by atoms with Crippen molar-refractivity contribution in [1.82, 2.24) is 9.13 Å². The highest BCUT2D eigenvalue weighted by atomic mass is 19.4. The van der Waals surface area contributed by atoms with Crippen LogP contribution in [0.3, 0.4) is 0 Å². The Morgan fingerprint density at radius 3 is 2.35 bits per heavy atom. The van der Waals surface area contributed by atoms with Gasteiger partial charge in [0.1, 0.15) is 0 Å². The first kappa shape index (κ1) is 13.8. The number of halogens is 3. The van der Waals surface area contributed by atoms with Crippen LogP contribution in [0.5, 0.6) is 0 Å². The van der Waals surface area contributed by atoms with Crippen LogP contribution in [0, 0.1) is 0 Å². The molecule has 0 saturated carbocycles. The number of fused-ring (bicyclic) bond motifs is 1.